The summed E-state index contributed by atoms with van der Waals surface area (Å²) in [6.45, 7) is 0. The van der Waals surface area contributed by atoms with Crippen LogP contribution in [0.15, 0.2) is 70.5 Å². The third kappa shape index (κ3) is 1.47. The predicted octanol–water partition coefficient (Wildman–Crippen LogP) is 3.83. The lowest BCUT2D eigenvalue weighted by Crippen LogP contribution is -2.72. The number of benzene rings is 3. The van der Waals surface area contributed by atoms with E-state index in [4.69, 9.17) is 0 Å². The summed E-state index contributed by atoms with van der Waals surface area (Å²) in [5, 5.41) is 4.97. The maximum atomic E-state index is 2.31. The minimum absolute atomic E-state index is 1.31. The first kappa shape index (κ1) is 10.2. The highest BCUT2D eigenvalue weighted by molar-refractivity contribution is 7.99. The van der Waals surface area contributed by atoms with E-state index in [-0.39, 0.29) is 0 Å². The van der Waals surface area contributed by atoms with Crippen molar-refractivity contribution in [2.24, 2.45) is 0 Å². The summed E-state index contributed by atoms with van der Waals surface area (Å²) >= 11 is 1.87. The molecule has 0 amide bonds. The van der Waals surface area contributed by atoms with Gasteiger partial charge in [-0.15, -0.1) is 0 Å². The molecule has 1 aliphatic heterocycles. The Morgan fingerprint density at radius 2 is 1.56 bits per heavy atom. The van der Waals surface area contributed by atoms with Gasteiger partial charge < -0.3 is 0 Å². The molecule has 0 radical (unpaired) electrons. The van der Waals surface area contributed by atoms with Crippen LogP contribution in [-0.2, 0) is 0 Å². The van der Waals surface area contributed by atoms with Gasteiger partial charge in [-0.05, 0) is 23.6 Å². The molecule has 1 nitrogen and oxygen atoms in total. The van der Waals surface area contributed by atoms with Gasteiger partial charge in [0.1, 0.15) is 5.69 Å². The molecule has 0 aliphatic carbocycles. The first-order valence-corrected chi connectivity index (χ1v) is 6.87. The van der Waals surface area contributed by atoms with Crippen molar-refractivity contribution >= 4 is 33.9 Å². The van der Waals surface area contributed by atoms with Gasteiger partial charge in [-0.25, -0.2) is 0 Å². The van der Waals surface area contributed by atoms with Crippen molar-refractivity contribution in [3.63, 3.8) is 0 Å². The summed E-state index contributed by atoms with van der Waals surface area (Å²) in [7, 11) is 0. The highest BCUT2D eigenvalue weighted by Crippen LogP contribution is 2.41. The lowest BCUT2D eigenvalue weighted by atomic mass is 10.1. The van der Waals surface area contributed by atoms with E-state index in [1.165, 1.54) is 31.9 Å². The molecule has 1 heterocycles. The zero-order chi connectivity index (χ0) is 11.9. The SMILES string of the molecule is c1ccc2c(c1)[NH2+]c1c(ccc3ccccc13)S2. The van der Waals surface area contributed by atoms with E-state index in [1.54, 1.807) is 0 Å². The largest absolute Gasteiger partial charge is 0.279 e. The van der Waals surface area contributed by atoms with E-state index in [0.29, 0.717) is 0 Å². The summed E-state index contributed by atoms with van der Waals surface area (Å²) in [6, 6.07) is 21.6. The highest BCUT2D eigenvalue weighted by atomic mass is 32.2. The molecular weight excluding hydrogens is 238 g/mol. The molecule has 3 aromatic carbocycles. The van der Waals surface area contributed by atoms with Gasteiger partial charge in [0.2, 0.25) is 0 Å². The molecule has 0 bridgehead atoms. The molecule has 2 heteroatoms. The Morgan fingerprint density at radius 3 is 2.56 bits per heavy atom. The number of hydrogen-bond acceptors (Lipinski definition) is 1. The van der Waals surface area contributed by atoms with Crippen LogP contribution < -0.4 is 5.32 Å². The first-order chi connectivity index (χ1) is 8.92. The number of rotatable bonds is 0. The van der Waals surface area contributed by atoms with Gasteiger partial charge in [0.25, 0.3) is 0 Å². The summed E-state index contributed by atoms with van der Waals surface area (Å²) in [6.07, 6.45) is 0. The molecule has 0 saturated carbocycles. The molecule has 86 valence electrons. The topological polar surface area (TPSA) is 16.6 Å². The fraction of sp³-hybridized carbons (Fsp3) is 0. The van der Waals surface area contributed by atoms with Crippen LogP contribution in [0.4, 0.5) is 11.4 Å². The van der Waals surface area contributed by atoms with Crippen molar-refractivity contribution in [2.45, 2.75) is 9.79 Å². The predicted molar refractivity (Wildman–Crippen MR) is 75.8 cm³/mol. The number of hydrogen-bond donors (Lipinski definition) is 1. The van der Waals surface area contributed by atoms with Crippen LogP contribution in [0.5, 0.6) is 0 Å². The lowest BCUT2D eigenvalue weighted by molar-refractivity contribution is -0.483. The molecule has 4 rings (SSSR count). The second kappa shape index (κ2) is 3.87. The Balaban J connectivity index is 1.98. The minimum Gasteiger partial charge on any atom is -0.279 e. The van der Waals surface area contributed by atoms with Crippen LogP contribution in [0.3, 0.4) is 0 Å². The van der Waals surface area contributed by atoms with Gasteiger partial charge in [0.05, 0.1) is 9.79 Å². The van der Waals surface area contributed by atoms with E-state index in [0.717, 1.165) is 0 Å². The molecule has 18 heavy (non-hydrogen) atoms. The monoisotopic (exact) mass is 250 g/mol. The molecule has 1 aliphatic rings. The second-order valence-corrected chi connectivity index (χ2v) is 5.57. The third-order valence-electron chi connectivity index (χ3n) is 3.37. The highest BCUT2D eigenvalue weighted by Gasteiger charge is 2.21. The average molecular weight is 250 g/mol. The molecule has 0 atom stereocenters. The minimum atomic E-state index is 1.31. The van der Waals surface area contributed by atoms with Crippen molar-refractivity contribution in [1.82, 2.24) is 0 Å². The zero-order valence-electron chi connectivity index (χ0n) is 9.76. The number of fused-ring (bicyclic) bond motifs is 4. The number of nitrogens with two attached hydrogens (primary N) is 1. The Kier molecular flexibility index (Phi) is 2.19. The Morgan fingerprint density at radius 1 is 0.722 bits per heavy atom. The van der Waals surface area contributed by atoms with Crippen molar-refractivity contribution in [3.05, 3.63) is 60.7 Å². The maximum absolute atomic E-state index is 2.31. The quantitative estimate of drug-likeness (QED) is 0.469. The van der Waals surface area contributed by atoms with E-state index in [9.17, 15) is 0 Å². The average Bonchev–Trinajstić information content (AvgIpc) is 2.45. The Hall–Kier alpha value is -1.77. The van der Waals surface area contributed by atoms with Crippen LogP contribution in [-0.4, -0.2) is 0 Å². The van der Waals surface area contributed by atoms with Crippen molar-refractivity contribution in [1.29, 1.82) is 0 Å². The van der Waals surface area contributed by atoms with E-state index in [2.05, 4.69) is 66.0 Å². The standard InChI is InChI=1S/C16H11NS/c1-2-6-12-11(5-1)9-10-15-16(12)17-13-7-3-4-8-14(13)18-15/h1-10,17H/p+1. The van der Waals surface area contributed by atoms with Crippen LogP contribution in [0.1, 0.15) is 0 Å². The molecule has 0 aromatic heterocycles. The van der Waals surface area contributed by atoms with Gasteiger partial charge >= 0.3 is 0 Å². The third-order valence-corrected chi connectivity index (χ3v) is 4.54. The van der Waals surface area contributed by atoms with Gasteiger partial charge in [-0.2, -0.15) is 0 Å². The van der Waals surface area contributed by atoms with Gasteiger partial charge in [0.15, 0.2) is 5.69 Å². The molecule has 3 aromatic rings. The number of para-hydroxylation sites is 1. The van der Waals surface area contributed by atoms with Crippen molar-refractivity contribution in [2.75, 3.05) is 0 Å². The molecular formula is C16H12NS+. The van der Waals surface area contributed by atoms with Gasteiger partial charge in [-0.3, -0.25) is 5.32 Å². The Labute approximate surface area is 110 Å². The first-order valence-electron chi connectivity index (χ1n) is 6.05. The molecule has 2 N–H and O–H groups in total. The second-order valence-electron chi connectivity index (χ2n) is 4.48. The van der Waals surface area contributed by atoms with E-state index < -0.39 is 0 Å². The molecule has 0 spiro atoms. The summed E-state index contributed by atoms with van der Waals surface area (Å²) in [5.74, 6) is 0. The van der Waals surface area contributed by atoms with Crippen molar-refractivity contribution < 1.29 is 5.32 Å². The van der Waals surface area contributed by atoms with Crippen LogP contribution >= 0.6 is 11.8 Å². The molecule has 0 saturated heterocycles. The normalized spacial score (nSPS) is 13.1. The lowest BCUT2D eigenvalue weighted by Gasteiger charge is -2.17. The smallest absolute Gasteiger partial charge is 0.156 e. The number of quaternary nitrogens is 1. The van der Waals surface area contributed by atoms with Gasteiger partial charge in [-0.1, -0.05) is 48.2 Å². The fourth-order valence-electron chi connectivity index (χ4n) is 2.48. The maximum Gasteiger partial charge on any atom is 0.156 e. The van der Waals surface area contributed by atoms with Crippen LogP contribution in [0.2, 0.25) is 0 Å². The van der Waals surface area contributed by atoms with Crippen LogP contribution in [0, 0.1) is 0 Å². The Bertz CT molecular complexity index is 749. The molecule has 0 unspecified atom stereocenters. The summed E-state index contributed by atoms with van der Waals surface area (Å²) in [4.78, 5) is 2.70. The van der Waals surface area contributed by atoms with E-state index in [1.807, 2.05) is 11.8 Å². The van der Waals surface area contributed by atoms with Crippen LogP contribution in [0.25, 0.3) is 10.8 Å². The summed E-state index contributed by atoms with van der Waals surface area (Å²) < 4.78 is 0. The molecule has 0 fully saturated rings. The zero-order valence-corrected chi connectivity index (χ0v) is 10.6. The van der Waals surface area contributed by atoms with E-state index >= 15 is 0 Å². The summed E-state index contributed by atoms with van der Waals surface area (Å²) in [5.41, 5.74) is 2.68. The fourth-order valence-corrected chi connectivity index (χ4v) is 3.52. The van der Waals surface area contributed by atoms with Gasteiger partial charge in [0, 0.05) is 11.5 Å². The van der Waals surface area contributed by atoms with Crippen molar-refractivity contribution in [3.8, 4) is 0 Å².